The first-order chi connectivity index (χ1) is 10.1. The zero-order valence-corrected chi connectivity index (χ0v) is 11.5. The van der Waals surface area contributed by atoms with Gasteiger partial charge in [-0.1, -0.05) is 30.8 Å². The van der Waals surface area contributed by atoms with Crippen molar-refractivity contribution in [2.75, 3.05) is 0 Å². The van der Waals surface area contributed by atoms with Gasteiger partial charge in [-0.15, -0.1) is 15.0 Å². The van der Waals surface area contributed by atoms with Gasteiger partial charge in [0, 0.05) is 5.57 Å². The van der Waals surface area contributed by atoms with Crippen LogP contribution in [-0.4, -0.2) is 21.0 Å². The molecule has 0 saturated carbocycles. The maximum atomic E-state index is 11.7. The van der Waals surface area contributed by atoms with E-state index >= 15 is 0 Å². The van der Waals surface area contributed by atoms with Gasteiger partial charge in [-0.3, -0.25) is 0 Å². The van der Waals surface area contributed by atoms with Crippen LogP contribution in [-0.2, 0) is 4.79 Å². The van der Waals surface area contributed by atoms with Crippen LogP contribution >= 0.6 is 0 Å². The lowest BCUT2D eigenvalue weighted by Crippen LogP contribution is -2.11. The molecule has 0 aliphatic carbocycles. The summed E-state index contributed by atoms with van der Waals surface area (Å²) in [6.45, 7) is 5.18. The predicted octanol–water partition coefficient (Wildman–Crippen LogP) is 2.90. The Morgan fingerprint density at radius 1 is 1.05 bits per heavy atom. The first-order valence-corrected chi connectivity index (χ1v) is 6.44. The van der Waals surface area contributed by atoms with E-state index in [0.29, 0.717) is 17.0 Å². The van der Waals surface area contributed by atoms with Gasteiger partial charge >= 0.3 is 5.97 Å². The molecule has 0 radical (unpaired) electrons. The number of fused-ring (bicyclic) bond motifs is 1. The lowest BCUT2D eigenvalue weighted by Gasteiger charge is -2.08. The van der Waals surface area contributed by atoms with Gasteiger partial charge in [0.2, 0.25) is 0 Å². The van der Waals surface area contributed by atoms with E-state index in [2.05, 4.69) is 16.8 Å². The maximum absolute atomic E-state index is 11.7. The summed E-state index contributed by atoms with van der Waals surface area (Å²) in [4.78, 5) is 13.2. The van der Waals surface area contributed by atoms with Crippen molar-refractivity contribution in [1.29, 1.82) is 0 Å². The van der Waals surface area contributed by atoms with E-state index in [1.54, 1.807) is 25.1 Å². The predicted molar refractivity (Wildman–Crippen MR) is 79.3 cm³/mol. The van der Waals surface area contributed by atoms with E-state index in [0.717, 1.165) is 11.0 Å². The average Bonchev–Trinajstić information content (AvgIpc) is 2.91. The van der Waals surface area contributed by atoms with Gasteiger partial charge in [-0.05, 0) is 31.2 Å². The third-order valence-corrected chi connectivity index (χ3v) is 2.92. The Hall–Kier alpha value is -2.95. The Bertz CT molecular complexity index is 803. The largest absolute Gasteiger partial charge is 0.421 e. The molecule has 0 fully saturated rings. The van der Waals surface area contributed by atoms with Crippen LogP contribution in [0.3, 0.4) is 0 Å². The zero-order chi connectivity index (χ0) is 14.8. The van der Waals surface area contributed by atoms with Crippen LogP contribution in [0.1, 0.15) is 6.92 Å². The Balaban J connectivity index is 2.05. The molecule has 0 unspecified atom stereocenters. The van der Waals surface area contributed by atoms with Crippen LogP contribution in [0.4, 0.5) is 0 Å². The van der Waals surface area contributed by atoms with Gasteiger partial charge in [0.25, 0.3) is 0 Å². The van der Waals surface area contributed by atoms with Crippen molar-refractivity contribution in [2.45, 2.75) is 6.92 Å². The SMILES string of the molecule is C=C(C)C(=O)Oc1ccccc1-n1nc2ccccc2n1. The molecule has 1 heterocycles. The normalized spacial score (nSPS) is 10.5. The quantitative estimate of drug-likeness (QED) is 0.420. The van der Waals surface area contributed by atoms with Crippen molar-refractivity contribution in [3.05, 3.63) is 60.7 Å². The lowest BCUT2D eigenvalue weighted by atomic mass is 10.3. The van der Waals surface area contributed by atoms with E-state index in [4.69, 9.17) is 4.74 Å². The maximum Gasteiger partial charge on any atom is 0.338 e. The summed E-state index contributed by atoms with van der Waals surface area (Å²) in [5, 5.41) is 8.78. The van der Waals surface area contributed by atoms with Crippen LogP contribution in [0, 0.1) is 0 Å². The minimum absolute atomic E-state index is 0.336. The van der Waals surface area contributed by atoms with Crippen molar-refractivity contribution < 1.29 is 9.53 Å². The third kappa shape index (κ3) is 2.53. The van der Waals surface area contributed by atoms with Crippen LogP contribution in [0.15, 0.2) is 60.7 Å². The molecule has 0 atom stereocenters. The monoisotopic (exact) mass is 279 g/mol. The number of hydrogen-bond donors (Lipinski definition) is 0. The Labute approximate surface area is 121 Å². The summed E-state index contributed by atoms with van der Waals surface area (Å²) >= 11 is 0. The zero-order valence-electron chi connectivity index (χ0n) is 11.5. The minimum atomic E-state index is -0.473. The van der Waals surface area contributed by atoms with Gasteiger partial charge in [-0.25, -0.2) is 4.79 Å². The number of carbonyl (C=O) groups excluding carboxylic acids is 1. The molecule has 5 nitrogen and oxygen atoms in total. The van der Waals surface area contributed by atoms with E-state index in [9.17, 15) is 4.79 Å². The number of rotatable bonds is 3. The number of esters is 1. The highest BCUT2D eigenvalue weighted by atomic mass is 16.5. The summed E-state index contributed by atoms with van der Waals surface area (Å²) in [7, 11) is 0. The molecule has 0 amide bonds. The third-order valence-electron chi connectivity index (χ3n) is 2.92. The van der Waals surface area contributed by atoms with Crippen molar-refractivity contribution in [1.82, 2.24) is 15.0 Å². The first kappa shape index (κ1) is 13.1. The van der Waals surface area contributed by atoms with Crippen molar-refractivity contribution in [2.24, 2.45) is 0 Å². The Kier molecular flexibility index (Phi) is 3.23. The molecule has 5 heteroatoms. The van der Waals surface area contributed by atoms with E-state index in [-0.39, 0.29) is 0 Å². The van der Waals surface area contributed by atoms with Gasteiger partial charge < -0.3 is 4.74 Å². The van der Waals surface area contributed by atoms with E-state index < -0.39 is 5.97 Å². The molecule has 21 heavy (non-hydrogen) atoms. The van der Waals surface area contributed by atoms with Gasteiger partial charge in [0.05, 0.1) is 0 Å². The molecule has 0 bridgehead atoms. The molecule has 2 aromatic carbocycles. The minimum Gasteiger partial charge on any atom is -0.421 e. The first-order valence-electron chi connectivity index (χ1n) is 6.44. The van der Waals surface area contributed by atoms with Crippen molar-refractivity contribution in [3.8, 4) is 11.4 Å². The van der Waals surface area contributed by atoms with Gasteiger partial charge in [0.15, 0.2) is 5.75 Å². The van der Waals surface area contributed by atoms with E-state index in [1.807, 2.05) is 30.3 Å². The molecule has 0 spiro atoms. The van der Waals surface area contributed by atoms with E-state index in [1.165, 1.54) is 4.80 Å². The number of aromatic nitrogens is 3. The highest BCUT2D eigenvalue weighted by molar-refractivity contribution is 5.89. The topological polar surface area (TPSA) is 57.0 Å². The molecular weight excluding hydrogens is 266 g/mol. The molecular formula is C16H13N3O2. The molecule has 0 aliphatic rings. The second kappa shape index (κ2) is 5.20. The molecule has 3 aromatic rings. The Morgan fingerprint density at radius 2 is 1.62 bits per heavy atom. The summed E-state index contributed by atoms with van der Waals surface area (Å²) in [5.74, 6) is -0.0787. The second-order valence-corrected chi connectivity index (χ2v) is 4.62. The number of ether oxygens (including phenoxy) is 1. The summed E-state index contributed by atoms with van der Waals surface area (Å²) in [6, 6.07) is 14.7. The molecule has 0 aliphatic heterocycles. The highest BCUT2D eigenvalue weighted by Gasteiger charge is 2.13. The summed E-state index contributed by atoms with van der Waals surface area (Å²) in [5.41, 5.74) is 2.49. The van der Waals surface area contributed by atoms with Crippen molar-refractivity contribution >= 4 is 17.0 Å². The van der Waals surface area contributed by atoms with Gasteiger partial charge in [0.1, 0.15) is 16.7 Å². The van der Waals surface area contributed by atoms with Crippen molar-refractivity contribution in [3.63, 3.8) is 0 Å². The fraction of sp³-hybridized carbons (Fsp3) is 0.0625. The smallest absolute Gasteiger partial charge is 0.338 e. The number of hydrogen-bond acceptors (Lipinski definition) is 4. The van der Waals surface area contributed by atoms with Crippen LogP contribution in [0.5, 0.6) is 5.75 Å². The molecule has 1 aromatic heterocycles. The fourth-order valence-electron chi connectivity index (χ4n) is 1.86. The molecule has 104 valence electrons. The fourth-order valence-corrected chi connectivity index (χ4v) is 1.86. The molecule has 3 rings (SSSR count). The lowest BCUT2D eigenvalue weighted by molar-refractivity contribution is -0.130. The second-order valence-electron chi connectivity index (χ2n) is 4.62. The number of para-hydroxylation sites is 2. The van der Waals surface area contributed by atoms with Crippen LogP contribution in [0.25, 0.3) is 16.7 Å². The molecule has 0 N–H and O–H groups in total. The average molecular weight is 279 g/mol. The summed E-state index contributed by atoms with van der Waals surface area (Å²) < 4.78 is 5.32. The van der Waals surface area contributed by atoms with Crippen LogP contribution < -0.4 is 4.74 Å². The van der Waals surface area contributed by atoms with Gasteiger partial charge in [-0.2, -0.15) is 0 Å². The number of benzene rings is 2. The molecule has 0 saturated heterocycles. The Morgan fingerprint density at radius 3 is 2.24 bits per heavy atom. The van der Waals surface area contributed by atoms with Crippen LogP contribution in [0.2, 0.25) is 0 Å². The number of nitrogens with zero attached hydrogens (tertiary/aromatic N) is 3. The number of carbonyl (C=O) groups is 1. The highest BCUT2D eigenvalue weighted by Crippen LogP contribution is 2.23. The summed E-state index contributed by atoms with van der Waals surface area (Å²) in [6.07, 6.45) is 0. The standard InChI is InChI=1S/C16H13N3O2/c1-11(2)16(20)21-15-10-6-5-9-14(15)19-17-12-7-3-4-8-13(12)18-19/h3-10H,1H2,2H3.